The highest BCUT2D eigenvalue weighted by Crippen LogP contribution is 2.43. The van der Waals surface area contributed by atoms with E-state index in [1.54, 1.807) is 0 Å². The summed E-state index contributed by atoms with van der Waals surface area (Å²) >= 11 is 0. The van der Waals surface area contributed by atoms with E-state index in [9.17, 15) is 5.11 Å². The van der Waals surface area contributed by atoms with E-state index in [0.717, 1.165) is 13.0 Å². The van der Waals surface area contributed by atoms with E-state index in [0.29, 0.717) is 17.9 Å². The standard InChI is InChI=1S/C11H20O2/c1-11(4-2-3-5-11)6-9-7-13-8-10(9)12/h9-10,12H,2-8H2,1H3. The summed E-state index contributed by atoms with van der Waals surface area (Å²) in [5.74, 6) is 0.406. The molecule has 0 aromatic carbocycles. The molecule has 1 N–H and O–H groups in total. The molecule has 2 fully saturated rings. The predicted molar refractivity (Wildman–Crippen MR) is 51.5 cm³/mol. The van der Waals surface area contributed by atoms with Gasteiger partial charge < -0.3 is 9.84 Å². The molecule has 1 aliphatic heterocycles. The Kier molecular flexibility index (Phi) is 2.61. The van der Waals surface area contributed by atoms with Gasteiger partial charge in [-0.2, -0.15) is 0 Å². The van der Waals surface area contributed by atoms with Crippen LogP contribution < -0.4 is 0 Å². The normalized spacial score (nSPS) is 38.3. The Bertz CT molecular complexity index is 173. The van der Waals surface area contributed by atoms with Gasteiger partial charge in [0.2, 0.25) is 0 Å². The van der Waals surface area contributed by atoms with Crippen molar-refractivity contribution in [2.75, 3.05) is 13.2 Å². The molecule has 0 aromatic rings. The SMILES string of the molecule is CC1(CC2COCC2O)CCCC1. The smallest absolute Gasteiger partial charge is 0.0823 e. The maximum Gasteiger partial charge on any atom is 0.0823 e. The van der Waals surface area contributed by atoms with Crippen molar-refractivity contribution in [1.29, 1.82) is 0 Å². The molecule has 76 valence electrons. The van der Waals surface area contributed by atoms with Gasteiger partial charge in [-0.3, -0.25) is 0 Å². The van der Waals surface area contributed by atoms with Crippen molar-refractivity contribution in [2.45, 2.75) is 45.1 Å². The van der Waals surface area contributed by atoms with Crippen molar-refractivity contribution in [3.8, 4) is 0 Å². The number of rotatable bonds is 2. The molecule has 0 bridgehead atoms. The van der Waals surface area contributed by atoms with E-state index in [4.69, 9.17) is 4.74 Å². The molecular weight excluding hydrogens is 164 g/mol. The molecule has 0 amide bonds. The van der Waals surface area contributed by atoms with Crippen LogP contribution in [0, 0.1) is 11.3 Å². The molecule has 2 atom stereocenters. The number of aliphatic hydroxyl groups excluding tert-OH is 1. The van der Waals surface area contributed by atoms with E-state index in [1.807, 2.05) is 0 Å². The summed E-state index contributed by atoms with van der Waals surface area (Å²) in [6.45, 7) is 3.70. The van der Waals surface area contributed by atoms with Crippen LogP contribution >= 0.6 is 0 Å². The third-order valence-electron chi connectivity index (χ3n) is 3.73. The topological polar surface area (TPSA) is 29.5 Å². The first kappa shape index (κ1) is 9.47. The molecule has 1 heterocycles. The Balaban J connectivity index is 1.88. The summed E-state index contributed by atoms with van der Waals surface area (Å²) in [6, 6.07) is 0. The second kappa shape index (κ2) is 3.58. The minimum absolute atomic E-state index is 0.197. The van der Waals surface area contributed by atoms with E-state index in [2.05, 4.69) is 6.92 Å². The summed E-state index contributed by atoms with van der Waals surface area (Å²) in [6.07, 6.45) is 6.40. The van der Waals surface area contributed by atoms with Crippen LogP contribution in [0.15, 0.2) is 0 Å². The van der Waals surface area contributed by atoms with Gasteiger partial charge in [0.25, 0.3) is 0 Å². The zero-order valence-corrected chi connectivity index (χ0v) is 8.46. The number of ether oxygens (including phenoxy) is 1. The fraction of sp³-hybridized carbons (Fsp3) is 1.00. The monoisotopic (exact) mass is 184 g/mol. The van der Waals surface area contributed by atoms with Crippen molar-refractivity contribution in [3.63, 3.8) is 0 Å². The molecule has 1 aliphatic carbocycles. The molecule has 2 unspecified atom stereocenters. The third kappa shape index (κ3) is 2.05. The van der Waals surface area contributed by atoms with Crippen LogP contribution in [0.5, 0.6) is 0 Å². The minimum atomic E-state index is -0.197. The van der Waals surface area contributed by atoms with Gasteiger partial charge in [-0.05, 0) is 24.7 Å². The second-order valence-electron chi connectivity index (χ2n) is 5.09. The molecule has 2 nitrogen and oxygen atoms in total. The Morgan fingerprint density at radius 1 is 1.31 bits per heavy atom. The molecule has 0 radical (unpaired) electrons. The molecule has 0 aromatic heterocycles. The zero-order valence-electron chi connectivity index (χ0n) is 8.46. The predicted octanol–water partition coefficient (Wildman–Crippen LogP) is 1.96. The fourth-order valence-electron chi connectivity index (χ4n) is 2.85. The van der Waals surface area contributed by atoms with Crippen molar-refractivity contribution in [3.05, 3.63) is 0 Å². The highest BCUT2D eigenvalue weighted by molar-refractivity contribution is 4.86. The molecule has 0 spiro atoms. The Hall–Kier alpha value is -0.0800. The van der Waals surface area contributed by atoms with Crippen molar-refractivity contribution in [2.24, 2.45) is 11.3 Å². The van der Waals surface area contributed by atoms with Crippen molar-refractivity contribution < 1.29 is 9.84 Å². The largest absolute Gasteiger partial charge is 0.390 e. The summed E-state index contributed by atoms with van der Waals surface area (Å²) in [7, 11) is 0. The summed E-state index contributed by atoms with van der Waals surface area (Å²) in [5.41, 5.74) is 0.499. The van der Waals surface area contributed by atoms with E-state index in [1.165, 1.54) is 25.7 Å². The van der Waals surface area contributed by atoms with Crippen molar-refractivity contribution >= 4 is 0 Å². The van der Waals surface area contributed by atoms with Crippen molar-refractivity contribution in [1.82, 2.24) is 0 Å². The van der Waals surface area contributed by atoms with Crippen LogP contribution in [0.3, 0.4) is 0 Å². The number of aliphatic hydroxyl groups is 1. The maximum atomic E-state index is 9.64. The molecular formula is C11H20O2. The Morgan fingerprint density at radius 3 is 2.54 bits per heavy atom. The van der Waals surface area contributed by atoms with Crippen LogP contribution in [0.1, 0.15) is 39.0 Å². The molecule has 1 saturated heterocycles. The van der Waals surface area contributed by atoms with E-state index < -0.39 is 0 Å². The van der Waals surface area contributed by atoms with Gasteiger partial charge in [0, 0.05) is 5.92 Å². The molecule has 2 rings (SSSR count). The van der Waals surface area contributed by atoms with Crippen LogP contribution in [-0.2, 0) is 4.74 Å². The van der Waals surface area contributed by atoms with E-state index in [-0.39, 0.29) is 6.10 Å². The van der Waals surface area contributed by atoms with Crippen LogP contribution in [-0.4, -0.2) is 24.4 Å². The lowest BCUT2D eigenvalue weighted by Gasteiger charge is -2.27. The average Bonchev–Trinajstić information content (AvgIpc) is 2.64. The zero-order chi connectivity index (χ0) is 9.31. The fourth-order valence-corrected chi connectivity index (χ4v) is 2.85. The summed E-state index contributed by atoms with van der Waals surface area (Å²) in [5, 5.41) is 9.64. The molecule has 2 heteroatoms. The number of hydrogen-bond acceptors (Lipinski definition) is 2. The van der Waals surface area contributed by atoms with Crippen LogP contribution in [0.4, 0.5) is 0 Å². The third-order valence-corrected chi connectivity index (χ3v) is 3.73. The molecule has 13 heavy (non-hydrogen) atoms. The maximum absolute atomic E-state index is 9.64. The van der Waals surface area contributed by atoms with Gasteiger partial charge in [-0.15, -0.1) is 0 Å². The Morgan fingerprint density at radius 2 is 2.00 bits per heavy atom. The first-order valence-corrected chi connectivity index (χ1v) is 5.45. The van der Waals surface area contributed by atoms with Crippen LogP contribution in [0.2, 0.25) is 0 Å². The first-order chi connectivity index (χ1) is 6.20. The minimum Gasteiger partial charge on any atom is -0.390 e. The molecule has 2 aliphatic rings. The lowest BCUT2D eigenvalue weighted by atomic mass is 9.79. The van der Waals surface area contributed by atoms with Gasteiger partial charge in [0.15, 0.2) is 0 Å². The quantitative estimate of drug-likeness (QED) is 0.711. The van der Waals surface area contributed by atoms with Gasteiger partial charge in [-0.1, -0.05) is 19.8 Å². The van der Waals surface area contributed by atoms with Gasteiger partial charge >= 0.3 is 0 Å². The number of hydrogen-bond donors (Lipinski definition) is 1. The first-order valence-electron chi connectivity index (χ1n) is 5.45. The summed E-state index contributed by atoms with van der Waals surface area (Å²) < 4.78 is 5.27. The van der Waals surface area contributed by atoms with Gasteiger partial charge in [0.05, 0.1) is 19.3 Å². The average molecular weight is 184 g/mol. The lowest BCUT2D eigenvalue weighted by Crippen LogP contribution is -2.25. The second-order valence-corrected chi connectivity index (χ2v) is 5.09. The Labute approximate surface area is 80.3 Å². The van der Waals surface area contributed by atoms with E-state index >= 15 is 0 Å². The lowest BCUT2D eigenvalue weighted by molar-refractivity contribution is 0.104. The molecule has 1 saturated carbocycles. The summed E-state index contributed by atoms with van der Waals surface area (Å²) in [4.78, 5) is 0. The van der Waals surface area contributed by atoms with Crippen LogP contribution in [0.25, 0.3) is 0 Å². The van der Waals surface area contributed by atoms with Gasteiger partial charge in [0.1, 0.15) is 0 Å². The highest BCUT2D eigenvalue weighted by Gasteiger charge is 2.36. The van der Waals surface area contributed by atoms with Gasteiger partial charge in [-0.25, -0.2) is 0 Å². The highest BCUT2D eigenvalue weighted by atomic mass is 16.5.